The molecule has 3 aliphatic carbocycles. The largest absolute Gasteiger partial charge is 0.484 e. The van der Waals surface area contributed by atoms with Gasteiger partial charge in [0, 0.05) is 37.7 Å². The quantitative estimate of drug-likeness (QED) is 0.601. The number of likely N-dealkylation sites (N-methyl/N-ethyl adjacent to an activating group) is 1. The van der Waals surface area contributed by atoms with Gasteiger partial charge in [-0.15, -0.1) is 0 Å². The number of ether oxygens (including phenoxy) is 2. The van der Waals surface area contributed by atoms with Crippen molar-refractivity contribution in [2.24, 2.45) is 0 Å². The zero-order valence-electron chi connectivity index (χ0n) is 16.3. The Labute approximate surface area is 173 Å². The summed E-state index contributed by atoms with van der Waals surface area (Å²) < 4.78 is 24.0. The molecule has 29 heavy (non-hydrogen) atoms. The molecule has 1 heterocycles. The van der Waals surface area contributed by atoms with Crippen LogP contribution >= 0.6 is 11.6 Å². The van der Waals surface area contributed by atoms with E-state index in [2.05, 4.69) is 16.1 Å². The minimum absolute atomic E-state index is 0.000308. The third kappa shape index (κ3) is 3.92. The Balaban J connectivity index is 1.21. The van der Waals surface area contributed by atoms with E-state index in [1.54, 1.807) is 12.1 Å². The van der Waals surface area contributed by atoms with Crippen LogP contribution in [0.3, 0.4) is 0 Å². The molecule has 1 aromatic carbocycles. The number of nitrogens with one attached hydrogen (secondary N) is 3. The Bertz CT molecular complexity index is 819. The topological polar surface area (TPSA) is 91.9 Å². The predicted octanol–water partition coefficient (Wildman–Crippen LogP) is 0.947. The predicted molar refractivity (Wildman–Crippen MR) is 103 cm³/mol. The van der Waals surface area contributed by atoms with Gasteiger partial charge in [0.05, 0.1) is 5.02 Å². The minimum atomic E-state index is -0.596. The molecule has 10 heteroatoms. The van der Waals surface area contributed by atoms with E-state index in [4.69, 9.17) is 21.1 Å². The van der Waals surface area contributed by atoms with Crippen molar-refractivity contribution in [1.29, 1.82) is 0 Å². The molecule has 1 aliphatic heterocycles. The lowest BCUT2D eigenvalue weighted by molar-refractivity contribution is -0.152. The first kappa shape index (κ1) is 20.3. The van der Waals surface area contributed by atoms with Gasteiger partial charge in [-0.25, -0.2) is 14.8 Å². The molecule has 158 valence electrons. The summed E-state index contributed by atoms with van der Waals surface area (Å²) in [6.45, 7) is -0.209. The highest BCUT2D eigenvalue weighted by Gasteiger charge is 2.69. The van der Waals surface area contributed by atoms with Crippen molar-refractivity contribution >= 4 is 23.4 Å². The molecule has 8 nitrogen and oxygen atoms in total. The van der Waals surface area contributed by atoms with Gasteiger partial charge in [0.1, 0.15) is 23.8 Å². The number of hydrogen-bond acceptors (Lipinski definition) is 6. The molecule has 4 aliphatic rings. The average molecular weight is 427 g/mol. The van der Waals surface area contributed by atoms with Crippen molar-refractivity contribution in [2.75, 3.05) is 20.8 Å². The van der Waals surface area contributed by atoms with Gasteiger partial charge in [-0.1, -0.05) is 11.6 Å². The van der Waals surface area contributed by atoms with Gasteiger partial charge < -0.3 is 20.1 Å². The van der Waals surface area contributed by atoms with Crippen molar-refractivity contribution in [1.82, 2.24) is 21.1 Å². The summed E-state index contributed by atoms with van der Waals surface area (Å²) in [6, 6.07) is 3.74. The van der Waals surface area contributed by atoms with Crippen molar-refractivity contribution in [3.63, 3.8) is 0 Å². The Morgan fingerprint density at radius 2 is 2.00 bits per heavy atom. The fourth-order valence-corrected chi connectivity index (χ4v) is 4.73. The van der Waals surface area contributed by atoms with Crippen LogP contribution in [0.1, 0.15) is 25.7 Å². The number of hydrazine groups is 1. The number of methoxy groups -OCH3 is 1. The summed E-state index contributed by atoms with van der Waals surface area (Å²) >= 11 is 5.62. The van der Waals surface area contributed by atoms with Crippen LogP contribution in [0.2, 0.25) is 5.02 Å². The fourth-order valence-electron chi connectivity index (χ4n) is 4.61. The second-order valence-corrected chi connectivity index (χ2v) is 8.62. The fraction of sp³-hybridized carbons (Fsp3) is 0.579. The molecule has 0 aromatic heterocycles. The minimum Gasteiger partial charge on any atom is -0.484 e. The highest BCUT2D eigenvalue weighted by Crippen LogP contribution is 2.60. The van der Waals surface area contributed by atoms with Crippen LogP contribution < -0.4 is 20.8 Å². The maximum atomic E-state index is 13.4. The molecule has 0 spiro atoms. The summed E-state index contributed by atoms with van der Waals surface area (Å²) in [5.74, 6) is -0.663. The highest BCUT2D eigenvalue weighted by molar-refractivity contribution is 6.30. The SMILES string of the molecule is COC1CC(C(=O)NC23CC(NC(=O)COc4ccc(Cl)c(F)c4)(C2)C3)N(C)N1. The van der Waals surface area contributed by atoms with Crippen LogP contribution in [0.15, 0.2) is 18.2 Å². The van der Waals surface area contributed by atoms with E-state index in [1.165, 1.54) is 12.1 Å². The second-order valence-electron chi connectivity index (χ2n) is 8.21. The maximum absolute atomic E-state index is 13.4. The Morgan fingerprint density at radius 3 is 2.62 bits per heavy atom. The lowest BCUT2D eigenvalue weighted by atomic mass is 9.44. The molecule has 2 amide bonds. The number of halogens is 2. The van der Waals surface area contributed by atoms with Crippen molar-refractivity contribution in [3.05, 3.63) is 29.0 Å². The van der Waals surface area contributed by atoms with Crippen LogP contribution in [-0.2, 0) is 14.3 Å². The van der Waals surface area contributed by atoms with E-state index < -0.39 is 5.82 Å². The molecule has 2 atom stereocenters. The van der Waals surface area contributed by atoms with Crippen LogP contribution in [0.25, 0.3) is 0 Å². The van der Waals surface area contributed by atoms with Crippen molar-refractivity contribution in [3.8, 4) is 5.75 Å². The van der Waals surface area contributed by atoms with Crippen LogP contribution in [0, 0.1) is 5.82 Å². The van der Waals surface area contributed by atoms with Gasteiger partial charge >= 0.3 is 0 Å². The number of amides is 2. The molecule has 3 saturated carbocycles. The first-order valence-electron chi connectivity index (χ1n) is 9.46. The van der Waals surface area contributed by atoms with Crippen molar-refractivity contribution < 1.29 is 23.5 Å². The van der Waals surface area contributed by atoms with Crippen LogP contribution in [0.5, 0.6) is 5.75 Å². The zero-order valence-corrected chi connectivity index (χ0v) is 17.0. The van der Waals surface area contributed by atoms with Gasteiger partial charge in [0.2, 0.25) is 5.91 Å². The standard InChI is InChI=1S/C19H24ClFN4O4/c1-25-14(6-16(24-25)28-2)17(27)23-19-8-18(9-19,10-19)22-15(26)7-29-11-3-4-12(20)13(21)5-11/h3-5,14,16,24H,6-10H2,1-2H3,(H,22,26)(H,23,27). The normalized spacial score (nSPS) is 32.8. The number of rotatable bonds is 7. The highest BCUT2D eigenvalue weighted by atomic mass is 35.5. The van der Waals surface area contributed by atoms with Crippen LogP contribution in [0.4, 0.5) is 4.39 Å². The van der Waals surface area contributed by atoms with E-state index in [0.717, 1.165) is 6.07 Å². The number of carbonyl (C=O) groups excluding carboxylic acids is 2. The maximum Gasteiger partial charge on any atom is 0.258 e. The van der Waals surface area contributed by atoms with Gasteiger partial charge in [0.15, 0.2) is 6.61 Å². The molecule has 0 radical (unpaired) electrons. The lowest BCUT2D eigenvalue weighted by Crippen LogP contribution is -2.84. The molecule has 2 unspecified atom stereocenters. The number of benzene rings is 1. The summed E-state index contributed by atoms with van der Waals surface area (Å²) in [4.78, 5) is 24.8. The smallest absolute Gasteiger partial charge is 0.258 e. The number of nitrogens with zero attached hydrogens (tertiary/aromatic N) is 1. The Kier molecular flexibility index (Phi) is 5.18. The molecular weight excluding hydrogens is 403 g/mol. The second kappa shape index (κ2) is 7.39. The number of hydrogen-bond donors (Lipinski definition) is 3. The summed E-state index contributed by atoms with van der Waals surface area (Å²) in [7, 11) is 3.42. The summed E-state index contributed by atoms with van der Waals surface area (Å²) in [6.07, 6.45) is 2.52. The van der Waals surface area contributed by atoms with Gasteiger partial charge in [-0.3, -0.25) is 9.59 Å². The molecule has 2 bridgehead atoms. The van der Waals surface area contributed by atoms with E-state index in [0.29, 0.717) is 25.7 Å². The molecule has 1 aromatic rings. The molecule has 1 saturated heterocycles. The average Bonchev–Trinajstić information content (AvgIpc) is 3.01. The Morgan fingerprint density at radius 1 is 1.31 bits per heavy atom. The van der Waals surface area contributed by atoms with E-state index in [1.807, 2.05) is 7.05 Å². The molecule has 5 rings (SSSR count). The zero-order chi connectivity index (χ0) is 20.8. The summed E-state index contributed by atoms with van der Waals surface area (Å²) in [5, 5.41) is 7.87. The Hall–Kier alpha value is -1.94. The van der Waals surface area contributed by atoms with Crippen LogP contribution in [-0.4, -0.2) is 60.9 Å². The molecular formula is C19H24ClFN4O4. The third-order valence-corrected chi connectivity index (χ3v) is 6.23. The lowest BCUT2D eigenvalue weighted by Gasteiger charge is -2.70. The summed E-state index contributed by atoms with van der Waals surface area (Å²) in [5.41, 5.74) is 2.56. The first-order valence-corrected chi connectivity index (χ1v) is 9.84. The van der Waals surface area contributed by atoms with Gasteiger partial charge in [0.25, 0.3) is 5.91 Å². The first-order chi connectivity index (χ1) is 13.7. The van der Waals surface area contributed by atoms with Crippen molar-refractivity contribution in [2.45, 2.75) is 49.0 Å². The van der Waals surface area contributed by atoms with E-state index in [-0.39, 0.29) is 52.5 Å². The van der Waals surface area contributed by atoms with E-state index >= 15 is 0 Å². The van der Waals surface area contributed by atoms with Gasteiger partial charge in [-0.05, 0) is 31.4 Å². The molecule has 3 N–H and O–H groups in total. The van der Waals surface area contributed by atoms with E-state index in [9.17, 15) is 14.0 Å². The molecule has 4 fully saturated rings. The third-order valence-electron chi connectivity index (χ3n) is 5.92. The monoisotopic (exact) mass is 426 g/mol. The van der Waals surface area contributed by atoms with Gasteiger partial charge in [-0.2, -0.15) is 0 Å². The number of carbonyl (C=O) groups is 2.